The van der Waals surface area contributed by atoms with Crippen molar-refractivity contribution in [1.29, 1.82) is 0 Å². The Kier molecular flexibility index (Phi) is 8.56. The number of carbonyl (C=O) groups excluding carboxylic acids is 1. The van der Waals surface area contributed by atoms with E-state index < -0.39 is 27.2 Å². The average molecular weight is 581 g/mol. The van der Waals surface area contributed by atoms with Gasteiger partial charge in [0.2, 0.25) is 0 Å². The van der Waals surface area contributed by atoms with Gasteiger partial charge < -0.3 is 4.74 Å². The van der Waals surface area contributed by atoms with Crippen molar-refractivity contribution < 1.29 is 19.4 Å². The lowest BCUT2D eigenvalue weighted by molar-refractivity contribution is -0.394. The van der Waals surface area contributed by atoms with Crippen LogP contribution in [0.25, 0.3) is 0 Å². The molecule has 5 rings (SSSR count). The zero-order valence-corrected chi connectivity index (χ0v) is 26.0. The molecule has 0 saturated heterocycles. The Morgan fingerprint density at radius 3 is 2.29 bits per heavy atom. The lowest BCUT2D eigenvalue weighted by Gasteiger charge is -2.58. The fourth-order valence-corrected chi connectivity index (χ4v) is 9.90. The topological polar surface area (TPSA) is 113 Å². The largest absolute Gasteiger partial charge is 0.458 e. The number of esters is 1. The van der Waals surface area contributed by atoms with Gasteiger partial charge in [-0.25, -0.2) is 4.79 Å². The van der Waals surface area contributed by atoms with E-state index in [1.807, 2.05) is 0 Å². The van der Waals surface area contributed by atoms with Crippen molar-refractivity contribution in [1.82, 2.24) is 0 Å². The second kappa shape index (κ2) is 11.7. The Balaban J connectivity index is 1.27. The SMILES string of the molecule is CC(C)CCC[C@@H](C)C1CCC2C3CC=C4CC(OC(=O)c5cc([N+](=O)[O-])cc([N+](=O)[O-])c5)CCC4(C)C3CCC21C. The minimum atomic E-state index is -0.738. The number of nitrogens with zero attached hydrogens (tertiary/aromatic N) is 2. The van der Waals surface area contributed by atoms with Gasteiger partial charge in [0.25, 0.3) is 11.4 Å². The molecular formula is C34H48N2O6. The van der Waals surface area contributed by atoms with Crippen LogP contribution in [0.15, 0.2) is 29.8 Å². The van der Waals surface area contributed by atoms with E-state index in [0.717, 1.165) is 67.1 Å². The van der Waals surface area contributed by atoms with Gasteiger partial charge in [-0.3, -0.25) is 20.2 Å². The molecular weight excluding hydrogens is 532 g/mol. The molecule has 0 amide bonds. The Morgan fingerprint density at radius 1 is 0.952 bits per heavy atom. The molecule has 0 aliphatic heterocycles. The van der Waals surface area contributed by atoms with Crippen molar-refractivity contribution in [3.8, 4) is 0 Å². The Morgan fingerprint density at radius 2 is 1.64 bits per heavy atom. The molecule has 3 saturated carbocycles. The van der Waals surface area contributed by atoms with Gasteiger partial charge in [-0.05, 0) is 91.3 Å². The molecule has 42 heavy (non-hydrogen) atoms. The van der Waals surface area contributed by atoms with Crippen molar-refractivity contribution in [2.45, 2.75) is 111 Å². The molecule has 1 aromatic rings. The van der Waals surface area contributed by atoms with Crippen LogP contribution in [0, 0.1) is 66.6 Å². The van der Waals surface area contributed by atoms with E-state index in [-0.39, 0.29) is 17.1 Å². The highest BCUT2D eigenvalue weighted by Crippen LogP contribution is 2.67. The van der Waals surface area contributed by atoms with Crippen LogP contribution >= 0.6 is 0 Å². The molecule has 8 atom stereocenters. The van der Waals surface area contributed by atoms with Gasteiger partial charge in [0.15, 0.2) is 0 Å². The van der Waals surface area contributed by atoms with Crippen LogP contribution in [-0.4, -0.2) is 21.9 Å². The quantitative estimate of drug-likeness (QED) is 0.125. The smallest absolute Gasteiger partial charge is 0.338 e. The minimum absolute atomic E-state index is 0.110. The molecule has 8 nitrogen and oxygen atoms in total. The number of rotatable bonds is 9. The van der Waals surface area contributed by atoms with Gasteiger partial charge in [-0.15, -0.1) is 0 Å². The fraction of sp³-hybridized carbons (Fsp3) is 0.735. The van der Waals surface area contributed by atoms with E-state index in [1.54, 1.807) is 0 Å². The van der Waals surface area contributed by atoms with Crippen LogP contribution in [0.2, 0.25) is 0 Å². The molecule has 4 aliphatic rings. The standard InChI is InChI=1S/C34H48N2O6/c1-21(2)7-6-8-22(3)29-11-12-30-28-10-9-24-19-27(13-15-33(24,4)31(28)14-16-34(29,30)5)42-32(37)23-17-25(35(38)39)20-26(18-23)36(40)41/h9,17-18,20-22,27-31H,6-8,10-16,19H2,1-5H3/t22-,27?,28?,29?,30?,31?,33?,34?/m1/s1. The summed E-state index contributed by atoms with van der Waals surface area (Å²) in [5, 5.41) is 22.6. The van der Waals surface area contributed by atoms with Gasteiger partial charge in [0, 0.05) is 18.6 Å². The first-order valence-electron chi connectivity index (χ1n) is 16.2. The first kappa shape index (κ1) is 30.7. The summed E-state index contributed by atoms with van der Waals surface area (Å²) in [6.45, 7) is 12.2. The molecule has 1 aromatic carbocycles. The Labute approximate surface area is 250 Å². The molecule has 0 N–H and O–H groups in total. The van der Waals surface area contributed by atoms with E-state index in [2.05, 4.69) is 40.7 Å². The minimum Gasteiger partial charge on any atom is -0.458 e. The number of hydrogen-bond donors (Lipinski definition) is 0. The van der Waals surface area contributed by atoms with Crippen LogP contribution < -0.4 is 0 Å². The summed E-state index contributed by atoms with van der Waals surface area (Å²) in [4.78, 5) is 34.1. The molecule has 3 fully saturated rings. The van der Waals surface area contributed by atoms with Crippen LogP contribution in [0.5, 0.6) is 0 Å². The van der Waals surface area contributed by atoms with Crippen molar-refractivity contribution >= 4 is 17.3 Å². The highest BCUT2D eigenvalue weighted by molar-refractivity contribution is 5.91. The van der Waals surface area contributed by atoms with Gasteiger partial charge in [-0.1, -0.05) is 65.5 Å². The van der Waals surface area contributed by atoms with Gasteiger partial charge in [0.05, 0.1) is 21.5 Å². The highest BCUT2D eigenvalue weighted by atomic mass is 16.6. The van der Waals surface area contributed by atoms with Crippen LogP contribution in [0.1, 0.15) is 116 Å². The summed E-state index contributed by atoms with van der Waals surface area (Å²) in [5.74, 6) is 3.81. The summed E-state index contributed by atoms with van der Waals surface area (Å²) >= 11 is 0. The molecule has 0 heterocycles. The summed E-state index contributed by atoms with van der Waals surface area (Å²) in [5.41, 5.74) is 0.806. The first-order valence-corrected chi connectivity index (χ1v) is 16.2. The van der Waals surface area contributed by atoms with Crippen molar-refractivity contribution in [2.75, 3.05) is 0 Å². The Hall–Kier alpha value is -2.77. The third-order valence-electron chi connectivity index (χ3n) is 12.1. The van der Waals surface area contributed by atoms with E-state index in [0.29, 0.717) is 17.8 Å². The molecule has 0 aromatic heterocycles. The predicted octanol–water partition coefficient (Wildman–Crippen LogP) is 9.07. The van der Waals surface area contributed by atoms with Crippen LogP contribution in [0.4, 0.5) is 11.4 Å². The molecule has 7 unspecified atom stereocenters. The van der Waals surface area contributed by atoms with Gasteiger partial charge >= 0.3 is 5.97 Å². The number of non-ortho nitro benzene ring substituents is 2. The van der Waals surface area contributed by atoms with Crippen LogP contribution in [0.3, 0.4) is 0 Å². The third-order valence-corrected chi connectivity index (χ3v) is 12.1. The van der Waals surface area contributed by atoms with E-state index in [1.165, 1.54) is 50.5 Å². The molecule has 0 spiro atoms. The highest BCUT2D eigenvalue weighted by Gasteiger charge is 2.59. The molecule has 0 radical (unpaired) electrons. The molecule has 0 bridgehead atoms. The number of allylic oxidation sites excluding steroid dienone is 1. The van der Waals surface area contributed by atoms with Crippen molar-refractivity contribution in [2.24, 2.45) is 46.3 Å². The van der Waals surface area contributed by atoms with E-state index in [4.69, 9.17) is 4.74 Å². The van der Waals surface area contributed by atoms with Crippen LogP contribution in [-0.2, 0) is 4.74 Å². The second-order valence-corrected chi connectivity index (χ2v) is 14.8. The van der Waals surface area contributed by atoms with Gasteiger partial charge in [0.1, 0.15) is 6.10 Å². The van der Waals surface area contributed by atoms with E-state index >= 15 is 0 Å². The Bertz CT molecular complexity index is 1230. The number of nitro benzene ring substituents is 2. The zero-order chi connectivity index (χ0) is 30.4. The lowest BCUT2D eigenvalue weighted by atomic mass is 9.47. The fourth-order valence-electron chi connectivity index (χ4n) is 9.90. The third kappa shape index (κ3) is 5.62. The lowest BCUT2D eigenvalue weighted by Crippen LogP contribution is -2.51. The predicted molar refractivity (Wildman–Crippen MR) is 162 cm³/mol. The maximum atomic E-state index is 13.0. The zero-order valence-electron chi connectivity index (χ0n) is 26.0. The number of hydrogen-bond acceptors (Lipinski definition) is 6. The molecule has 4 aliphatic carbocycles. The molecule has 230 valence electrons. The second-order valence-electron chi connectivity index (χ2n) is 14.8. The molecule has 8 heteroatoms. The van der Waals surface area contributed by atoms with Crippen molar-refractivity contribution in [3.05, 3.63) is 55.6 Å². The van der Waals surface area contributed by atoms with E-state index in [9.17, 15) is 25.0 Å². The van der Waals surface area contributed by atoms with Gasteiger partial charge in [-0.2, -0.15) is 0 Å². The normalized spacial score (nSPS) is 34.5. The summed E-state index contributed by atoms with van der Waals surface area (Å²) in [6, 6.07) is 2.99. The number of fused-ring (bicyclic) bond motifs is 5. The summed E-state index contributed by atoms with van der Waals surface area (Å²) < 4.78 is 5.82. The van der Waals surface area contributed by atoms with Crippen molar-refractivity contribution in [3.63, 3.8) is 0 Å². The maximum absolute atomic E-state index is 13.0. The monoisotopic (exact) mass is 580 g/mol. The number of benzene rings is 1. The summed E-state index contributed by atoms with van der Waals surface area (Å²) in [6.07, 6.45) is 14.9. The maximum Gasteiger partial charge on any atom is 0.338 e. The summed E-state index contributed by atoms with van der Waals surface area (Å²) in [7, 11) is 0. The number of nitro groups is 2. The number of carbonyl (C=O) groups is 1. The number of ether oxygens (including phenoxy) is 1. The first-order chi connectivity index (χ1) is 19.8. The average Bonchev–Trinajstić information content (AvgIpc) is 3.30.